The molecule has 1 aromatic carbocycles. The Labute approximate surface area is 118 Å². The highest BCUT2D eigenvalue weighted by Gasteiger charge is 2.12. The highest BCUT2D eigenvalue weighted by molar-refractivity contribution is 5.67. The summed E-state index contributed by atoms with van der Waals surface area (Å²) >= 11 is 0. The van der Waals surface area contributed by atoms with E-state index in [1.54, 1.807) is 7.11 Å². The smallest absolute Gasteiger partial charge is 0.182 e. The number of tetrazole rings is 1. The number of nitrogen functional groups attached to an aromatic ring is 1. The third-order valence-corrected chi connectivity index (χ3v) is 3.35. The van der Waals surface area contributed by atoms with Crippen molar-refractivity contribution in [2.75, 3.05) is 19.5 Å². The topological polar surface area (TPSA) is 78.8 Å². The molecule has 2 rings (SSSR count). The van der Waals surface area contributed by atoms with Gasteiger partial charge in [-0.25, -0.2) is 4.68 Å². The summed E-state index contributed by atoms with van der Waals surface area (Å²) in [6, 6.07) is 4.01. The Bertz CT molecular complexity index is 579. The summed E-state index contributed by atoms with van der Waals surface area (Å²) in [6.07, 6.45) is 1.97. The Morgan fingerprint density at radius 1 is 1.20 bits per heavy atom. The van der Waals surface area contributed by atoms with Gasteiger partial charge in [0, 0.05) is 31.5 Å². The van der Waals surface area contributed by atoms with Crippen LogP contribution >= 0.6 is 0 Å². The zero-order chi connectivity index (χ0) is 14.5. The van der Waals surface area contributed by atoms with Gasteiger partial charge < -0.3 is 10.5 Å². The van der Waals surface area contributed by atoms with Gasteiger partial charge in [0.25, 0.3) is 0 Å². The largest absolute Gasteiger partial charge is 0.398 e. The highest BCUT2D eigenvalue weighted by Crippen LogP contribution is 2.26. The summed E-state index contributed by atoms with van der Waals surface area (Å²) in [6.45, 7) is 5.58. The normalized spacial score (nSPS) is 10.9. The van der Waals surface area contributed by atoms with E-state index < -0.39 is 0 Å². The third kappa shape index (κ3) is 3.14. The standard InChI is InChI=1S/C14H21N5O/c1-10-8-11(2)13(15)9-12(10)14-16-17-18-19(14)6-4-5-7-20-3/h8-9H,4-7,15H2,1-3H3. The molecule has 0 radical (unpaired) electrons. The third-order valence-electron chi connectivity index (χ3n) is 3.35. The van der Waals surface area contributed by atoms with Crippen molar-refractivity contribution in [3.05, 3.63) is 23.3 Å². The minimum Gasteiger partial charge on any atom is -0.398 e. The fourth-order valence-corrected chi connectivity index (χ4v) is 2.17. The number of unbranched alkanes of at least 4 members (excludes halogenated alkanes) is 1. The maximum atomic E-state index is 5.99. The number of hydrogen-bond acceptors (Lipinski definition) is 5. The minimum absolute atomic E-state index is 0.758. The van der Waals surface area contributed by atoms with Crippen molar-refractivity contribution in [3.8, 4) is 11.4 Å². The lowest BCUT2D eigenvalue weighted by atomic mass is 10.0. The van der Waals surface area contributed by atoms with E-state index >= 15 is 0 Å². The fraction of sp³-hybridized carbons (Fsp3) is 0.500. The van der Waals surface area contributed by atoms with Gasteiger partial charge in [-0.2, -0.15) is 0 Å². The van der Waals surface area contributed by atoms with E-state index in [-0.39, 0.29) is 0 Å². The lowest BCUT2D eigenvalue weighted by Gasteiger charge is -2.10. The number of hydrogen-bond donors (Lipinski definition) is 1. The van der Waals surface area contributed by atoms with E-state index in [9.17, 15) is 0 Å². The molecule has 0 unspecified atom stereocenters. The SMILES string of the molecule is COCCCCn1nnnc1-c1cc(N)c(C)cc1C. The number of anilines is 1. The van der Waals surface area contributed by atoms with E-state index in [2.05, 4.69) is 21.6 Å². The number of ether oxygens (including phenoxy) is 1. The van der Waals surface area contributed by atoms with Gasteiger partial charge in [-0.1, -0.05) is 6.07 Å². The molecule has 20 heavy (non-hydrogen) atoms. The first-order chi connectivity index (χ1) is 9.63. The molecule has 108 valence electrons. The number of aromatic nitrogens is 4. The second-order valence-corrected chi connectivity index (χ2v) is 4.95. The summed E-state index contributed by atoms with van der Waals surface area (Å²) in [5.74, 6) is 0.770. The minimum atomic E-state index is 0.758. The first-order valence-corrected chi connectivity index (χ1v) is 6.75. The molecule has 0 saturated heterocycles. The van der Waals surface area contributed by atoms with Gasteiger partial charge in [-0.15, -0.1) is 5.10 Å². The average Bonchev–Trinajstić information content (AvgIpc) is 2.87. The summed E-state index contributed by atoms with van der Waals surface area (Å²) in [5, 5.41) is 12.0. The van der Waals surface area contributed by atoms with Crippen molar-refractivity contribution in [1.29, 1.82) is 0 Å². The van der Waals surface area contributed by atoms with Gasteiger partial charge in [0.15, 0.2) is 5.82 Å². The molecule has 2 aromatic rings. The maximum absolute atomic E-state index is 5.99. The Morgan fingerprint density at radius 3 is 2.75 bits per heavy atom. The van der Waals surface area contributed by atoms with Crippen LogP contribution in [0.15, 0.2) is 12.1 Å². The molecule has 0 saturated carbocycles. The molecule has 6 nitrogen and oxygen atoms in total. The van der Waals surface area contributed by atoms with Crippen molar-refractivity contribution >= 4 is 5.69 Å². The van der Waals surface area contributed by atoms with Gasteiger partial charge >= 0.3 is 0 Å². The first kappa shape index (κ1) is 14.5. The van der Waals surface area contributed by atoms with Crippen LogP contribution < -0.4 is 5.73 Å². The van der Waals surface area contributed by atoms with Crippen LogP contribution in [-0.4, -0.2) is 33.9 Å². The number of aryl methyl sites for hydroxylation is 3. The second kappa shape index (κ2) is 6.47. The number of nitrogens with two attached hydrogens (primary N) is 1. The van der Waals surface area contributed by atoms with E-state index in [0.717, 1.165) is 54.2 Å². The first-order valence-electron chi connectivity index (χ1n) is 6.75. The summed E-state index contributed by atoms with van der Waals surface area (Å²) < 4.78 is 6.87. The average molecular weight is 275 g/mol. The maximum Gasteiger partial charge on any atom is 0.182 e. The van der Waals surface area contributed by atoms with Crippen LogP contribution in [-0.2, 0) is 11.3 Å². The van der Waals surface area contributed by atoms with Gasteiger partial charge in [0.1, 0.15) is 0 Å². The van der Waals surface area contributed by atoms with Crippen LogP contribution in [0.2, 0.25) is 0 Å². The molecule has 0 spiro atoms. The molecule has 0 aliphatic rings. The summed E-state index contributed by atoms with van der Waals surface area (Å²) in [5.41, 5.74) is 9.95. The summed E-state index contributed by atoms with van der Waals surface area (Å²) in [7, 11) is 1.71. The van der Waals surface area contributed by atoms with E-state index in [1.807, 2.05) is 24.6 Å². The van der Waals surface area contributed by atoms with Crippen molar-refractivity contribution in [3.63, 3.8) is 0 Å². The molecule has 2 N–H and O–H groups in total. The number of benzene rings is 1. The molecule has 0 bridgehead atoms. The van der Waals surface area contributed by atoms with Crippen molar-refractivity contribution < 1.29 is 4.74 Å². The van der Waals surface area contributed by atoms with Crippen molar-refractivity contribution in [2.24, 2.45) is 0 Å². The number of methoxy groups -OCH3 is 1. The highest BCUT2D eigenvalue weighted by atomic mass is 16.5. The molecule has 0 fully saturated rings. The molecule has 0 aliphatic heterocycles. The quantitative estimate of drug-likeness (QED) is 0.644. The predicted molar refractivity (Wildman–Crippen MR) is 78.2 cm³/mol. The molecular weight excluding hydrogens is 254 g/mol. The Kier molecular flexibility index (Phi) is 4.68. The molecule has 0 atom stereocenters. The van der Waals surface area contributed by atoms with Gasteiger partial charge in [-0.05, 0) is 54.3 Å². The Balaban J connectivity index is 2.21. The van der Waals surface area contributed by atoms with Crippen LogP contribution in [0, 0.1) is 13.8 Å². The lowest BCUT2D eigenvalue weighted by molar-refractivity contribution is 0.191. The Morgan fingerprint density at radius 2 is 2.00 bits per heavy atom. The molecule has 1 aromatic heterocycles. The number of nitrogens with zero attached hydrogens (tertiary/aromatic N) is 4. The van der Waals surface area contributed by atoms with E-state index in [1.165, 1.54) is 0 Å². The summed E-state index contributed by atoms with van der Waals surface area (Å²) in [4.78, 5) is 0. The van der Waals surface area contributed by atoms with Crippen molar-refractivity contribution in [1.82, 2.24) is 20.2 Å². The second-order valence-electron chi connectivity index (χ2n) is 4.95. The van der Waals surface area contributed by atoms with Crippen molar-refractivity contribution in [2.45, 2.75) is 33.2 Å². The van der Waals surface area contributed by atoms with Crippen LogP contribution in [0.3, 0.4) is 0 Å². The van der Waals surface area contributed by atoms with Crippen LogP contribution in [0.4, 0.5) is 5.69 Å². The predicted octanol–water partition coefficient (Wildman–Crippen LogP) is 1.97. The molecule has 0 amide bonds. The van der Waals surface area contributed by atoms with Gasteiger partial charge in [0.05, 0.1) is 0 Å². The van der Waals surface area contributed by atoms with E-state index in [4.69, 9.17) is 10.5 Å². The van der Waals surface area contributed by atoms with Gasteiger partial charge in [-0.3, -0.25) is 0 Å². The molecule has 0 aliphatic carbocycles. The van der Waals surface area contributed by atoms with Gasteiger partial charge in [0.2, 0.25) is 0 Å². The van der Waals surface area contributed by atoms with Crippen LogP contribution in [0.25, 0.3) is 11.4 Å². The lowest BCUT2D eigenvalue weighted by Crippen LogP contribution is -2.05. The molecular formula is C14H21N5O. The number of rotatable bonds is 6. The molecule has 6 heteroatoms. The zero-order valence-electron chi connectivity index (χ0n) is 12.3. The zero-order valence-corrected chi connectivity index (χ0v) is 12.3. The van der Waals surface area contributed by atoms with E-state index in [0.29, 0.717) is 0 Å². The Hall–Kier alpha value is -1.95. The fourth-order valence-electron chi connectivity index (χ4n) is 2.17. The monoisotopic (exact) mass is 275 g/mol. The van der Waals surface area contributed by atoms with Crippen LogP contribution in [0.5, 0.6) is 0 Å². The van der Waals surface area contributed by atoms with Crippen LogP contribution in [0.1, 0.15) is 24.0 Å². The molecule has 1 heterocycles.